The van der Waals surface area contributed by atoms with E-state index < -0.39 is 6.09 Å². The lowest BCUT2D eigenvalue weighted by Crippen LogP contribution is -2.20. The lowest BCUT2D eigenvalue weighted by atomic mass is 10.3. The van der Waals surface area contributed by atoms with Gasteiger partial charge in [0.25, 0.3) is 5.56 Å². The fraction of sp³-hybridized carbons (Fsp3) is 0.214. The normalized spacial score (nSPS) is 10.8. The minimum atomic E-state index is -0.670. The molecule has 0 aliphatic carbocycles. The predicted molar refractivity (Wildman–Crippen MR) is 78.9 cm³/mol. The second-order valence-corrected chi connectivity index (χ2v) is 4.35. The molecule has 0 saturated heterocycles. The Morgan fingerprint density at radius 1 is 1.33 bits per heavy atom. The zero-order chi connectivity index (χ0) is 15.4. The zero-order valence-electron chi connectivity index (χ0n) is 12.0. The van der Waals surface area contributed by atoms with E-state index in [1.807, 2.05) is 30.3 Å². The number of carbonyl (C=O) groups is 1. The number of methoxy groups -OCH3 is 1. The zero-order valence-corrected chi connectivity index (χ0v) is 12.0. The molecule has 1 heterocycles. The predicted octanol–water partition coefficient (Wildman–Crippen LogP) is 1.17. The van der Waals surface area contributed by atoms with Crippen molar-refractivity contribution < 1.29 is 9.53 Å². The minimum absolute atomic E-state index is 0.136. The molecule has 21 heavy (non-hydrogen) atoms. The average Bonchev–Trinajstić information content (AvgIpc) is 2.71. The standard InChI is InChI=1S/C14H16N4O3/c1-10-12(9-15-16-14(20)21-3)17(2)18(13(10)19)11-7-5-4-6-8-11/h4-9H,1-3H3,(H,16,20)/b15-9-. The van der Waals surface area contributed by atoms with Crippen LogP contribution in [0, 0.1) is 6.92 Å². The van der Waals surface area contributed by atoms with Gasteiger partial charge in [-0.25, -0.2) is 14.9 Å². The maximum atomic E-state index is 12.3. The first-order chi connectivity index (χ1) is 10.1. The Bertz CT molecular complexity index is 729. The van der Waals surface area contributed by atoms with Crippen LogP contribution in [0.3, 0.4) is 0 Å². The highest BCUT2D eigenvalue weighted by Crippen LogP contribution is 2.08. The first kappa shape index (κ1) is 14.6. The molecule has 0 aliphatic rings. The molecule has 0 unspecified atom stereocenters. The van der Waals surface area contributed by atoms with E-state index in [9.17, 15) is 9.59 Å². The van der Waals surface area contributed by atoms with Gasteiger partial charge < -0.3 is 4.74 Å². The summed E-state index contributed by atoms with van der Waals surface area (Å²) in [5.41, 5.74) is 3.95. The molecule has 7 heteroatoms. The quantitative estimate of drug-likeness (QED) is 0.680. The molecule has 0 bridgehead atoms. The number of carbonyl (C=O) groups excluding carboxylic acids is 1. The highest BCUT2D eigenvalue weighted by molar-refractivity contribution is 5.80. The number of ether oxygens (including phenoxy) is 1. The summed E-state index contributed by atoms with van der Waals surface area (Å²) >= 11 is 0. The van der Waals surface area contributed by atoms with Crippen molar-refractivity contribution in [2.45, 2.75) is 6.92 Å². The first-order valence-corrected chi connectivity index (χ1v) is 6.27. The molecule has 2 aromatic rings. The molecule has 1 aromatic heterocycles. The van der Waals surface area contributed by atoms with Crippen molar-refractivity contribution in [3.8, 4) is 5.69 Å². The highest BCUT2D eigenvalue weighted by atomic mass is 16.5. The van der Waals surface area contributed by atoms with E-state index in [0.717, 1.165) is 5.69 Å². The van der Waals surface area contributed by atoms with Gasteiger partial charge in [-0.15, -0.1) is 0 Å². The van der Waals surface area contributed by atoms with E-state index in [0.29, 0.717) is 11.3 Å². The molecule has 0 atom stereocenters. The van der Waals surface area contributed by atoms with Crippen molar-refractivity contribution in [1.82, 2.24) is 14.8 Å². The van der Waals surface area contributed by atoms with E-state index in [2.05, 4.69) is 15.3 Å². The molecular formula is C14H16N4O3. The molecule has 0 fully saturated rings. The van der Waals surface area contributed by atoms with E-state index in [1.54, 1.807) is 18.7 Å². The Morgan fingerprint density at radius 3 is 2.62 bits per heavy atom. The Hall–Kier alpha value is -2.83. The number of rotatable bonds is 3. The van der Waals surface area contributed by atoms with Gasteiger partial charge in [0.15, 0.2) is 0 Å². The monoisotopic (exact) mass is 288 g/mol. The molecule has 0 saturated carbocycles. The number of hydrogen-bond donors (Lipinski definition) is 1. The van der Waals surface area contributed by atoms with Crippen LogP contribution in [0.15, 0.2) is 40.2 Å². The number of nitrogens with zero attached hydrogens (tertiary/aromatic N) is 3. The van der Waals surface area contributed by atoms with E-state index in [-0.39, 0.29) is 5.56 Å². The molecule has 0 aliphatic heterocycles. The van der Waals surface area contributed by atoms with Gasteiger partial charge in [-0.05, 0) is 19.1 Å². The van der Waals surface area contributed by atoms with Crippen LogP contribution in [-0.4, -0.2) is 28.8 Å². The van der Waals surface area contributed by atoms with Gasteiger partial charge in [-0.2, -0.15) is 5.10 Å². The maximum Gasteiger partial charge on any atom is 0.427 e. The van der Waals surface area contributed by atoms with E-state index in [1.165, 1.54) is 18.0 Å². The van der Waals surface area contributed by atoms with Crippen molar-refractivity contribution in [3.63, 3.8) is 0 Å². The summed E-state index contributed by atoms with van der Waals surface area (Å²) in [5.74, 6) is 0. The lowest BCUT2D eigenvalue weighted by molar-refractivity contribution is 0.171. The smallest absolute Gasteiger partial charge is 0.427 e. The molecule has 0 spiro atoms. The van der Waals surface area contributed by atoms with Crippen LogP contribution in [0.4, 0.5) is 4.79 Å². The Kier molecular flexibility index (Phi) is 4.22. The molecule has 1 N–H and O–H groups in total. The van der Waals surface area contributed by atoms with Crippen molar-refractivity contribution in [2.75, 3.05) is 7.11 Å². The van der Waals surface area contributed by atoms with Crippen molar-refractivity contribution in [3.05, 3.63) is 51.9 Å². The van der Waals surface area contributed by atoms with Gasteiger partial charge in [0.2, 0.25) is 0 Å². The van der Waals surface area contributed by atoms with Gasteiger partial charge in [-0.1, -0.05) is 18.2 Å². The van der Waals surface area contributed by atoms with Crippen molar-refractivity contribution >= 4 is 12.3 Å². The van der Waals surface area contributed by atoms with Gasteiger partial charge in [0, 0.05) is 12.6 Å². The molecule has 1 aromatic carbocycles. The number of para-hydroxylation sites is 1. The SMILES string of the molecule is COC(=O)N/N=C\c1c(C)c(=O)n(-c2ccccc2)n1C. The summed E-state index contributed by atoms with van der Waals surface area (Å²) in [5, 5.41) is 3.76. The summed E-state index contributed by atoms with van der Waals surface area (Å²) in [7, 11) is 3.00. The van der Waals surface area contributed by atoms with E-state index >= 15 is 0 Å². The first-order valence-electron chi connectivity index (χ1n) is 6.27. The maximum absolute atomic E-state index is 12.3. The summed E-state index contributed by atoms with van der Waals surface area (Å²) in [6.45, 7) is 1.71. The fourth-order valence-corrected chi connectivity index (χ4v) is 1.99. The summed E-state index contributed by atoms with van der Waals surface area (Å²) < 4.78 is 7.62. The van der Waals surface area contributed by atoms with Crippen LogP contribution < -0.4 is 11.0 Å². The van der Waals surface area contributed by atoms with Gasteiger partial charge in [-0.3, -0.25) is 9.48 Å². The molecule has 7 nitrogen and oxygen atoms in total. The Balaban J connectivity index is 2.42. The molecule has 110 valence electrons. The lowest BCUT2D eigenvalue weighted by Gasteiger charge is -2.07. The summed E-state index contributed by atoms with van der Waals surface area (Å²) in [6, 6.07) is 9.28. The summed E-state index contributed by atoms with van der Waals surface area (Å²) in [6.07, 6.45) is 0.740. The third-order valence-corrected chi connectivity index (χ3v) is 3.07. The molecule has 2 rings (SSSR count). The Morgan fingerprint density at radius 2 is 2.00 bits per heavy atom. The number of aromatic nitrogens is 2. The van der Waals surface area contributed by atoms with Crippen LogP contribution in [0.2, 0.25) is 0 Å². The average molecular weight is 288 g/mol. The van der Waals surface area contributed by atoms with Gasteiger partial charge in [0.05, 0.1) is 24.7 Å². The van der Waals surface area contributed by atoms with Gasteiger partial charge in [0.1, 0.15) is 0 Å². The second kappa shape index (κ2) is 6.08. The van der Waals surface area contributed by atoms with Crippen LogP contribution >= 0.6 is 0 Å². The molecule has 0 radical (unpaired) electrons. The third kappa shape index (κ3) is 2.86. The fourth-order valence-electron chi connectivity index (χ4n) is 1.99. The van der Waals surface area contributed by atoms with Crippen LogP contribution in [0.5, 0.6) is 0 Å². The van der Waals surface area contributed by atoms with E-state index in [4.69, 9.17) is 0 Å². The van der Waals surface area contributed by atoms with Crippen LogP contribution in [0.25, 0.3) is 5.69 Å². The highest BCUT2D eigenvalue weighted by Gasteiger charge is 2.14. The second-order valence-electron chi connectivity index (χ2n) is 4.35. The minimum Gasteiger partial charge on any atom is -0.452 e. The topological polar surface area (TPSA) is 77.6 Å². The van der Waals surface area contributed by atoms with Gasteiger partial charge >= 0.3 is 6.09 Å². The van der Waals surface area contributed by atoms with Crippen LogP contribution in [-0.2, 0) is 11.8 Å². The van der Waals surface area contributed by atoms with Crippen LogP contribution in [0.1, 0.15) is 11.3 Å². The number of amides is 1. The number of hydrazone groups is 1. The number of hydrogen-bond acceptors (Lipinski definition) is 4. The third-order valence-electron chi connectivity index (χ3n) is 3.07. The van der Waals surface area contributed by atoms with Crippen molar-refractivity contribution in [1.29, 1.82) is 0 Å². The number of nitrogens with one attached hydrogen (secondary N) is 1. The summed E-state index contributed by atoms with van der Waals surface area (Å²) in [4.78, 5) is 23.3. The Labute approximate surface area is 121 Å². The number of benzene rings is 1. The molecular weight excluding hydrogens is 272 g/mol. The largest absolute Gasteiger partial charge is 0.452 e. The van der Waals surface area contributed by atoms with Crippen molar-refractivity contribution in [2.24, 2.45) is 12.1 Å². The molecule has 1 amide bonds.